The van der Waals surface area contributed by atoms with E-state index in [1.807, 2.05) is 11.1 Å². The molecule has 4 aromatic rings. The van der Waals surface area contributed by atoms with Gasteiger partial charge in [-0.25, -0.2) is 9.78 Å². The first-order valence-electron chi connectivity index (χ1n) is 16.5. The van der Waals surface area contributed by atoms with Crippen molar-refractivity contribution >= 4 is 58.7 Å². The van der Waals surface area contributed by atoms with Crippen molar-refractivity contribution in [3.05, 3.63) is 65.6 Å². The summed E-state index contributed by atoms with van der Waals surface area (Å²) < 4.78 is 20.7. The van der Waals surface area contributed by atoms with E-state index in [4.69, 9.17) is 14.2 Å². The molecule has 1 aromatic carbocycles. The van der Waals surface area contributed by atoms with Crippen LogP contribution in [0.25, 0.3) is 0 Å². The molecular weight excluding hydrogens is 674 g/mol. The van der Waals surface area contributed by atoms with Gasteiger partial charge >= 0.3 is 5.97 Å². The molecule has 2 aliphatic heterocycles. The molecule has 1 atom stereocenters. The van der Waals surface area contributed by atoms with Crippen molar-refractivity contribution in [1.82, 2.24) is 23.6 Å². The molecule has 0 spiro atoms. The molecule has 6 rings (SSSR count). The molecule has 2 aliphatic rings. The van der Waals surface area contributed by atoms with Crippen LogP contribution in [-0.2, 0) is 30.7 Å². The zero-order valence-corrected chi connectivity index (χ0v) is 29.4. The molecule has 272 valence electrons. The van der Waals surface area contributed by atoms with Gasteiger partial charge in [0.15, 0.2) is 17.3 Å². The van der Waals surface area contributed by atoms with Gasteiger partial charge in [-0.2, -0.15) is 0 Å². The van der Waals surface area contributed by atoms with Gasteiger partial charge in [0.05, 0.1) is 49.5 Å². The number of imidazole rings is 1. The van der Waals surface area contributed by atoms with E-state index in [-0.39, 0.29) is 53.9 Å². The molecule has 0 unspecified atom stereocenters. The molecular formula is C35H39N9O8. The van der Waals surface area contributed by atoms with Crippen molar-refractivity contribution in [2.24, 2.45) is 26.1 Å². The Morgan fingerprint density at radius 2 is 1.60 bits per heavy atom. The summed E-state index contributed by atoms with van der Waals surface area (Å²) in [5.74, 6) is -0.963. The van der Waals surface area contributed by atoms with Crippen LogP contribution in [0.1, 0.15) is 67.6 Å². The fourth-order valence-electron chi connectivity index (χ4n) is 6.16. The van der Waals surface area contributed by atoms with Gasteiger partial charge in [0.2, 0.25) is 11.7 Å². The number of benzene rings is 1. The van der Waals surface area contributed by atoms with Crippen LogP contribution >= 0.6 is 0 Å². The number of esters is 1. The van der Waals surface area contributed by atoms with E-state index < -0.39 is 17.8 Å². The second-order valence-corrected chi connectivity index (χ2v) is 12.4. The maximum Gasteiger partial charge on any atom is 0.354 e. The summed E-state index contributed by atoms with van der Waals surface area (Å²) in [6.07, 6.45) is 8.82. The minimum absolute atomic E-state index is 0.00877. The van der Waals surface area contributed by atoms with E-state index in [0.29, 0.717) is 47.1 Å². The third-order valence-corrected chi connectivity index (χ3v) is 8.76. The number of methoxy groups -OCH3 is 2. The van der Waals surface area contributed by atoms with E-state index in [2.05, 4.69) is 25.9 Å². The Kier molecular flexibility index (Phi) is 10.1. The van der Waals surface area contributed by atoms with Crippen molar-refractivity contribution in [2.75, 3.05) is 43.3 Å². The van der Waals surface area contributed by atoms with Gasteiger partial charge in [-0.3, -0.25) is 24.2 Å². The maximum atomic E-state index is 13.1. The first-order valence-corrected chi connectivity index (χ1v) is 16.5. The molecule has 3 N–H and O–H groups in total. The lowest BCUT2D eigenvalue weighted by Crippen LogP contribution is -2.35. The van der Waals surface area contributed by atoms with Crippen molar-refractivity contribution in [2.45, 2.75) is 31.7 Å². The summed E-state index contributed by atoms with van der Waals surface area (Å²) in [7, 11) is 7.68. The number of hydrogen-bond donors (Lipinski definition) is 3. The number of aliphatic imine (C=N–C) groups is 1. The Labute approximate surface area is 298 Å². The second-order valence-electron chi connectivity index (χ2n) is 12.4. The monoisotopic (exact) mass is 713 g/mol. The number of fused-ring (bicyclic) bond motifs is 2. The highest BCUT2D eigenvalue weighted by Gasteiger charge is 2.32. The van der Waals surface area contributed by atoms with E-state index >= 15 is 0 Å². The van der Waals surface area contributed by atoms with Gasteiger partial charge in [-0.1, -0.05) is 0 Å². The number of aryl methyl sites for hydroxylation is 3. The standard InChI is InChI=1S/C35H39N9O8/c1-41-17-20(12-25(41)32(46)40-29-19-43(3)31(39-29)33(47)38-21-13-26(35(49)51-5)42(2)18-21)37-30(45)9-7-11-52-28-15-24-23(14-27(28)50-4)34(48)44-10-6-8-22(44)16-36-24/h12-19,22H,6-11H2,1-5H3,(H,37,45)(H,38,47)(H,40,46)/t22-/m0/s1. The second kappa shape index (κ2) is 14.8. The molecule has 17 nitrogen and oxygen atoms in total. The minimum Gasteiger partial charge on any atom is -0.493 e. The number of carbonyl (C=O) groups is 5. The number of nitrogens with zero attached hydrogens (tertiary/aromatic N) is 6. The summed E-state index contributed by atoms with van der Waals surface area (Å²) >= 11 is 0. The molecule has 3 aromatic heterocycles. The third kappa shape index (κ3) is 7.38. The fourth-order valence-corrected chi connectivity index (χ4v) is 6.16. The van der Waals surface area contributed by atoms with Gasteiger partial charge in [-0.15, -0.1) is 0 Å². The molecule has 52 heavy (non-hydrogen) atoms. The SMILES string of the molecule is COC(=O)c1cc(NC(=O)c2nc(NC(=O)c3cc(NC(=O)CCCOc4cc5c(cc4OC)C(=O)N4CCC[C@H]4C=N5)cn3C)cn2C)cn1C. The van der Waals surface area contributed by atoms with Crippen LogP contribution in [0.15, 0.2) is 47.8 Å². The highest BCUT2D eigenvalue weighted by atomic mass is 16.5. The fraction of sp³-hybridized carbons (Fsp3) is 0.343. The predicted molar refractivity (Wildman–Crippen MR) is 190 cm³/mol. The maximum absolute atomic E-state index is 13.1. The number of carbonyl (C=O) groups excluding carboxylic acids is 5. The van der Waals surface area contributed by atoms with E-state index in [9.17, 15) is 24.0 Å². The molecule has 4 amide bonds. The Morgan fingerprint density at radius 1 is 0.865 bits per heavy atom. The lowest BCUT2D eigenvalue weighted by Gasteiger charge is -2.20. The van der Waals surface area contributed by atoms with E-state index in [0.717, 1.165) is 12.8 Å². The van der Waals surface area contributed by atoms with Crippen LogP contribution in [-0.4, -0.2) is 92.8 Å². The average molecular weight is 714 g/mol. The van der Waals surface area contributed by atoms with Crippen molar-refractivity contribution in [3.63, 3.8) is 0 Å². The van der Waals surface area contributed by atoms with Crippen LogP contribution in [0.3, 0.4) is 0 Å². The first kappa shape index (κ1) is 35.4. The lowest BCUT2D eigenvalue weighted by molar-refractivity contribution is -0.116. The van der Waals surface area contributed by atoms with Gasteiger partial charge in [-0.05, 0) is 37.5 Å². The topological polar surface area (TPSA) is 192 Å². The zero-order chi connectivity index (χ0) is 37.1. The summed E-state index contributed by atoms with van der Waals surface area (Å²) in [5, 5.41) is 8.16. The molecule has 5 heterocycles. The Bertz CT molecular complexity index is 2090. The highest BCUT2D eigenvalue weighted by Crippen LogP contribution is 2.38. The van der Waals surface area contributed by atoms with Crippen LogP contribution < -0.4 is 25.4 Å². The van der Waals surface area contributed by atoms with Crippen molar-refractivity contribution in [3.8, 4) is 11.5 Å². The number of aromatic nitrogens is 4. The normalized spacial score (nSPS) is 14.7. The first-order chi connectivity index (χ1) is 24.9. The summed E-state index contributed by atoms with van der Waals surface area (Å²) in [4.78, 5) is 74.4. The minimum atomic E-state index is -0.553. The smallest absolute Gasteiger partial charge is 0.354 e. The number of nitrogens with one attached hydrogen (secondary N) is 3. The number of rotatable bonds is 12. The average Bonchev–Trinajstić information content (AvgIpc) is 3.90. The summed E-state index contributed by atoms with van der Waals surface area (Å²) in [6, 6.07) is 6.34. The van der Waals surface area contributed by atoms with Gasteiger partial charge < -0.3 is 48.8 Å². The Hall–Kier alpha value is -6.39. The number of anilines is 3. The molecule has 17 heteroatoms. The Morgan fingerprint density at radius 3 is 2.35 bits per heavy atom. The largest absolute Gasteiger partial charge is 0.493 e. The molecule has 1 saturated heterocycles. The van der Waals surface area contributed by atoms with E-state index in [1.54, 1.807) is 50.2 Å². The lowest BCUT2D eigenvalue weighted by atomic mass is 10.1. The van der Waals surface area contributed by atoms with E-state index in [1.165, 1.54) is 41.7 Å². The number of hydrogen-bond acceptors (Lipinski definition) is 10. The van der Waals surface area contributed by atoms with Crippen LogP contribution in [0, 0.1) is 0 Å². The predicted octanol–water partition coefficient (Wildman–Crippen LogP) is 3.52. The number of ether oxygens (including phenoxy) is 3. The highest BCUT2D eigenvalue weighted by molar-refractivity contribution is 6.06. The summed E-state index contributed by atoms with van der Waals surface area (Å²) in [5.41, 5.74) is 2.27. The van der Waals surface area contributed by atoms with Gasteiger partial charge in [0, 0.05) is 65.0 Å². The molecule has 0 radical (unpaired) electrons. The number of amides is 4. The van der Waals surface area contributed by atoms with Crippen LogP contribution in [0.2, 0.25) is 0 Å². The molecule has 0 aliphatic carbocycles. The third-order valence-electron chi connectivity index (χ3n) is 8.76. The van der Waals surface area contributed by atoms with Gasteiger partial charge in [0.1, 0.15) is 11.4 Å². The summed E-state index contributed by atoms with van der Waals surface area (Å²) in [6.45, 7) is 0.906. The van der Waals surface area contributed by atoms with Crippen molar-refractivity contribution < 1.29 is 38.2 Å². The zero-order valence-electron chi connectivity index (χ0n) is 29.4. The molecule has 0 saturated carbocycles. The quantitative estimate of drug-likeness (QED) is 0.146. The van der Waals surface area contributed by atoms with Crippen LogP contribution in [0.5, 0.6) is 11.5 Å². The van der Waals surface area contributed by atoms with Crippen molar-refractivity contribution in [1.29, 1.82) is 0 Å². The molecule has 0 bridgehead atoms. The van der Waals surface area contributed by atoms with Crippen LogP contribution in [0.4, 0.5) is 22.9 Å². The molecule has 1 fully saturated rings. The van der Waals surface area contributed by atoms with Gasteiger partial charge in [0.25, 0.3) is 17.7 Å². The Balaban J connectivity index is 1.00.